The Hall–Kier alpha value is -3.54. The molecule has 6 heteroatoms. The van der Waals surface area contributed by atoms with E-state index in [-0.39, 0.29) is 24.2 Å². The second-order valence-corrected chi connectivity index (χ2v) is 6.69. The summed E-state index contributed by atoms with van der Waals surface area (Å²) < 4.78 is 13.7. The molecule has 0 aliphatic rings. The summed E-state index contributed by atoms with van der Waals surface area (Å²) in [4.78, 5) is 30.7. The molecule has 3 rings (SSSR count). The molecule has 0 unspecified atom stereocenters. The number of carbonyl (C=O) groups is 2. The van der Waals surface area contributed by atoms with Crippen molar-refractivity contribution >= 4 is 11.8 Å². The van der Waals surface area contributed by atoms with E-state index in [1.165, 1.54) is 6.07 Å². The van der Waals surface area contributed by atoms with E-state index in [9.17, 15) is 14.0 Å². The van der Waals surface area contributed by atoms with Crippen molar-refractivity contribution in [3.63, 3.8) is 0 Å². The summed E-state index contributed by atoms with van der Waals surface area (Å²) in [7, 11) is 1.73. The van der Waals surface area contributed by atoms with Gasteiger partial charge in [0.15, 0.2) is 0 Å². The summed E-state index contributed by atoms with van der Waals surface area (Å²) in [6.07, 6.45) is 4.16. The van der Waals surface area contributed by atoms with Crippen molar-refractivity contribution in [3.8, 4) is 0 Å². The number of benzene rings is 2. The van der Waals surface area contributed by atoms with Gasteiger partial charge in [0.25, 0.3) is 11.8 Å². The fourth-order valence-corrected chi connectivity index (χ4v) is 2.88. The van der Waals surface area contributed by atoms with Crippen molar-refractivity contribution < 1.29 is 14.0 Å². The monoisotopic (exact) mass is 391 g/mol. The van der Waals surface area contributed by atoms with Gasteiger partial charge in [-0.05, 0) is 48.4 Å². The molecule has 0 radical (unpaired) electrons. The van der Waals surface area contributed by atoms with Gasteiger partial charge in [0.1, 0.15) is 5.82 Å². The van der Waals surface area contributed by atoms with Crippen LogP contribution in [0.4, 0.5) is 4.39 Å². The highest BCUT2D eigenvalue weighted by atomic mass is 19.1. The molecule has 0 saturated carbocycles. The molecule has 1 aromatic heterocycles. The van der Waals surface area contributed by atoms with Crippen LogP contribution in [-0.4, -0.2) is 35.3 Å². The Kier molecular flexibility index (Phi) is 6.68. The van der Waals surface area contributed by atoms with Crippen LogP contribution in [0.5, 0.6) is 0 Å². The third-order valence-corrected chi connectivity index (χ3v) is 4.60. The molecule has 5 nitrogen and oxygen atoms in total. The van der Waals surface area contributed by atoms with Gasteiger partial charge in [0, 0.05) is 49.2 Å². The lowest BCUT2D eigenvalue weighted by Crippen LogP contribution is -2.29. The number of nitrogens with one attached hydrogen (secondary N) is 1. The Morgan fingerprint density at radius 1 is 1.00 bits per heavy atom. The molecule has 148 valence electrons. The first-order valence-electron chi connectivity index (χ1n) is 9.30. The zero-order chi connectivity index (χ0) is 20.6. The number of carbonyl (C=O) groups excluding carboxylic acids is 2. The summed E-state index contributed by atoms with van der Waals surface area (Å²) >= 11 is 0. The molecular weight excluding hydrogens is 369 g/mol. The predicted octanol–water partition coefficient (Wildman–Crippen LogP) is 3.47. The van der Waals surface area contributed by atoms with Crippen LogP contribution >= 0.6 is 0 Å². The second-order valence-electron chi connectivity index (χ2n) is 6.69. The zero-order valence-corrected chi connectivity index (χ0v) is 16.1. The molecule has 0 atom stereocenters. The Morgan fingerprint density at radius 2 is 1.72 bits per heavy atom. The third kappa shape index (κ3) is 5.48. The van der Waals surface area contributed by atoms with Crippen LogP contribution in [-0.2, 0) is 13.0 Å². The minimum Gasteiger partial charge on any atom is -0.348 e. The van der Waals surface area contributed by atoms with Gasteiger partial charge in [-0.15, -0.1) is 0 Å². The number of hydrogen-bond acceptors (Lipinski definition) is 3. The number of nitrogens with zero attached hydrogens (tertiary/aromatic N) is 2. The van der Waals surface area contributed by atoms with Crippen LogP contribution in [0.25, 0.3) is 0 Å². The highest BCUT2D eigenvalue weighted by Crippen LogP contribution is 2.10. The first-order valence-corrected chi connectivity index (χ1v) is 9.30. The minimum atomic E-state index is -0.368. The molecule has 0 aliphatic carbocycles. The lowest BCUT2D eigenvalue weighted by Gasteiger charge is -2.17. The topological polar surface area (TPSA) is 62.3 Å². The number of likely N-dealkylation sites (N-methyl/N-ethyl adjacent to an activating group) is 1. The highest BCUT2D eigenvalue weighted by Gasteiger charge is 2.14. The summed E-state index contributed by atoms with van der Waals surface area (Å²) in [5.74, 6) is -0.891. The average Bonchev–Trinajstić information content (AvgIpc) is 2.77. The van der Waals surface area contributed by atoms with E-state index in [1.54, 1.807) is 66.8 Å². The van der Waals surface area contributed by atoms with Gasteiger partial charge in [-0.1, -0.05) is 24.3 Å². The van der Waals surface area contributed by atoms with Crippen LogP contribution in [0.2, 0.25) is 0 Å². The van der Waals surface area contributed by atoms with E-state index in [1.807, 2.05) is 12.1 Å². The maximum atomic E-state index is 13.7. The molecule has 29 heavy (non-hydrogen) atoms. The maximum Gasteiger partial charge on any atom is 0.253 e. The summed E-state index contributed by atoms with van der Waals surface area (Å²) in [6.45, 7) is 0.627. The van der Waals surface area contributed by atoms with E-state index in [2.05, 4.69) is 10.3 Å². The SMILES string of the molecule is CN(CCc1ccncc1)C(=O)c1cccc(C(=O)NCc2ccccc2F)c1. The number of aromatic nitrogens is 1. The number of amides is 2. The molecule has 0 saturated heterocycles. The predicted molar refractivity (Wildman–Crippen MR) is 109 cm³/mol. The molecule has 2 aromatic carbocycles. The van der Waals surface area contributed by atoms with E-state index < -0.39 is 0 Å². The van der Waals surface area contributed by atoms with E-state index in [0.29, 0.717) is 29.7 Å². The lowest BCUT2D eigenvalue weighted by atomic mass is 10.1. The normalized spacial score (nSPS) is 10.4. The summed E-state index contributed by atoms with van der Waals surface area (Å²) in [6, 6.07) is 16.6. The molecule has 1 N–H and O–H groups in total. The Labute approximate surface area is 169 Å². The maximum absolute atomic E-state index is 13.7. The van der Waals surface area contributed by atoms with Gasteiger partial charge >= 0.3 is 0 Å². The van der Waals surface area contributed by atoms with E-state index >= 15 is 0 Å². The van der Waals surface area contributed by atoms with E-state index in [0.717, 1.165) is 5.56 Å². The Bertz CT molecular complexity index is 992. The van der Waals surface area contributed by atoms with Crippen molar-refractivity contribution in [2.24, 2.45) is 0 Å². The van der Waals surface area contributed by atoms with Gasteiger partial charge in [0.2, 0.25) is 0 Å². The first kappa shape index (κ1) is 20.2. The van der Waals surface area contributed by atoms with Gasteiger partial charge in [-0.3, -0.25) is 14.6 Å². The number of rotatable bonds is 7. The number of hydrogen-bond donors (Lipinski definition) is 1. The van der Waals surface area contributed by atoms with Crippen molar-refractivity contribution in [1.29, 1.82) is 0 Å². The van der Waals surface area contributed by atoms with Gasteiger partial charge in [-0.2, -0.15) is 0 Å². The molecule has 2 amide bonds. The van der Waals surface area contributed by atoms with Crippen molar-refractivity contribution in [3.05, 3.63) is 101 Å². The lowest BCUT2D eigenvalue weighted by molar-refractivity contribution is 0.0796. The molecule has 0 fully saturated rings. The smallest absolute Gasteiger partial charge is 0.253 e. The number of pyridine rings is 1. The Balaban J connectivity index is 1.61. The molecule has 0 bridgehead atoms. The standard InChI is InChI=1S/C23H22FN3O2/c1-27(14-11-17-9-12-25-13-10-17)23(29)19-7-4-6-18(15-19)22(28)26-16-20-5-2-3-8-21(20)24/h2-10,12-13,15H,11,14,16H2,1H3,(H,26,28). The fraction of sp³-hybridized carbons (Fsp3) is 0.174. The van der Waals surface area contributed by atoms with Crippen LogP contribution in [0.15, 0.2) is 73.1 Å². The fourth-order valence-electron chi connectivity index (χ4n) is 2.88. The third-order valence-electron chi connectivity index (χ3n) is 4.60. The van der Waals surface area contributed by atoms with Crippen molar-refractivity contribution in [2.45, 2.75) is 13.0 Å². The van der Waals surface area contributed by atoms with E-state index in [4.69, 9.17) is 0 Å². The largest absolute Gasteiger partial charge is 0.348 e. The van der Waals surface area contributed by atoms with Gasteiger partial charge < -0.3 is 10.2 Å². The second kappa shape index (κ2) is 9.59. The zero-order valence-electron chi connectivity index (χ0n) is 16.1. The quantitative estimate of drug-likeness (QED) is 0.671. The van der Waals surface area contributed by atoms with Crippen molar-refractivity contribution in [1.82, 2.24) is 15.2 Å². The van der Waals surface area contributed by atoms with Crippen LogP contribution < -0.4 is 5.32 Å². The van der Waals surface area contributed by atoms with Gasteiger partial charge in [0.05, 0.1) is 0 Å². The first-order chi connectivity index (χ1) is 14.0. The summed E-state index contributed by atoms with van der Waals surface area (Å²) in [5, 5.41) is 2.69. The molecule has 3 aromatic rings. The average molecular weight is 391 g/mol. The number of halogens is 1. The highest BCUT2D eigenvalue weighted by molar-refractivity contribution is 5.99. The van der Waals surface area contributed by atoms with Crippen LogP contribution in [0.1, 0.15) is 31.8 Å². The van der Waals surface area contributed by atoms with Crippen LogP contribution in [0.3, 0.4) is 0 Å². The van der Waals surface area contributed by atoms with Gasteiger partial charge in [-0.25, -0.2) is 4.39 Å². The molecular formula is C23H22FN3O2. The van der Waals surface area contributed by atoms with Crippen molar-refractivity contribution in [2.75, 3.05) is 13.6 Å². The Morgan fingerprint density at radius 3 is 2.48 bits per heavy atom. The molecule has 0 aliphatic heterocycles. The van der Waals surface area contributed by atoms with Crippen LogP contribution in [0, 0.1) is 5.82 Å². The molecule has 1 heterocycles. The molecule has 0 spiro atoms. The minimum absolute atomic E-state index is 0.0789. The summed E-state index contributed by atoms with van der Waals surface area (Å²) in [5.41, 5.74) is 2.29.